The van der Waals surface area contributed by atoms with E-state index in [1.54, 1.807) is 0 Å². The number of aliphatic carboxylic acids is 2. The second kappa shape index (κ2) is 14.4. The SMILES string of the molecule is O=C(O)CC(C(=O)O)S(=O)(=O)O.[CH2-]COCCCC.[K+]. The van der Waals surface area contributed by atoms with E-state index in [0.717, 1.165) is 13.0 Å². The average Bonchev–Trinajstić information content (AvgIpc) is 2.25. The van der Waals surface area contributed by atoms with Gasteiger partial charge in [-0.1, -0.05) is 20.0 Å². The normalized spacial score (nSPS) is 11.6. The zero-order valence-electron chi connectivity index (χ0n) is 11.6. The fourth-order valence-electron chi connectivity index (χ4n) is 0.827. The van der Waals surface area contributed by atoms with Crippen molar-refractivity contribution in [3.8, 4) is 0 Å². The van der Waals surface area contributed by atoms with Crippen molar-refractivity contribution in [2.75, 3.05) is 13.2 Å². The largest absolute Gasteiger partial charge is 1.00 e. The predicted octanol–water partition coefficient (Wildman–Crippen LogP) is -2.56. The Balaban J connectivity index is -0.000000312. The zero-order valence-corrected chi connectivity index (χ0v) is 15.6. The maximum atomic E-state index is 10.2. The molecule has 0 saturated heterocycles. The van der Waals surface area contributed by atoms with Crippen molar-refractivity contribution in [2.45, 2.75) is 31.4 Å². The van der Waals surface area contributed by atoms with Crippen molar-refractivity contribution in [3.05, 3.63) is 6.92 Å². The molecule has 10 heteroatoms. The topological polar surface area (TPSA) is 138 Å². The Bertz CT molecular complexity index is 363. The van der Waals surface area contributed by atoms with Gasteiger partial charge >= 0.3 is 63.3 Å². The van der Waals surface area contributed by atoms with Gasteiger partial charge in [-0.25, -0.2) is 0 Å². The summed E-state index contributed by atoms with van der Waals surface area (Å²) < 4.78 is 33.6. The van der Waals surface area contributed by atoms with Gasteiger partial charge in [0.2, 0.25) is 0 Å². The first-order valence-corrected chi connectivity index (χ1v) is 6.95. The summed E-state index contributed by atoms with van der Waals surface area (Å²) in [6.45, 7) is 7.17. The molecule has 0 aliphatic carbocycles. The van der Waals surface area contributed by atoms with Crippen LogP contribution < -0.4 is 51.4 Å². The van der Waals surface area contributed by atoms with Crippen LogP contribution in [0.15, 0.2) is 0 Å². The third-order valence-electron chi connectivity index (χ3n) is 1.78. The summed E-state index contributed by atoms with van der Waals surface area (Å²) in [5.41, 5.74) is 0. The van der Waals surface area contributed by atoms with Crippen LogP contribution in [0.3, 0.4) is 0 Å². The molecule has 0 aromatic carbocycles. The summed E-state index contributed by atoms with van der Waals surface area (Å²) in [7, 11) is -4.84. The van der Waals surface area contributed by atoms with Gasteiger partial charge in [0.25, 0.3) is 10.1 Å². The Kier molecular flexibility index (Phi) is 18.3. The fourth-order valence-corrected chi connectivity index (χ4v) is 1.44. The second-order valence-electron chi connectivity index (χ2n) is 3.41. The summed E-state index contributed by atoms with van der Waals surface area (Å²) in [6, 6.07) is 0. The van der Waals surface area contributed by atoms with E-state index in [1.807, 2.05) is 0 Å². The molecule has 0 aromatic rings. The molecule has 1 unspecified atom stereocenters. The number of carboxylic acids is 2. The number of carboxylic acid groups (broad SMARTS) is 2. The van der Waals surface area contributed by atoms with Gasteiger partial charge in [0.15, 0.2) is 5.25 Å². The maximum absolute atomic E-state index is 10.2. The van der Waals surface area contributed by atoms with E-state index in [9.17, 15) is 18.0 Å². The summed E-state index contributed by atoms with van der Waals surface area (Å²) in [5.74, 6) is -3.50. The third-order valence-corrected chi connectivity index (χ3v) is 2.87. The predicted molar refractivity (Wildman–Crippen MR) is 66.3 cm³/mol. The van der Waals surface area contributed by atoms with E-state index < -0.39 is 33.7 Å². The fraction of sp³-hybridized carbons (Fsp3) is 0.700. The molecular weight excluding hydrogens is 319 g/mol. The van der Waals surface area contributed by atoms with Crippen molar-refractivity contribution in [1.29, 1.82) is 0 Å². The van der Waals surface area contributed by atoms with Crippen molar-refractivity contribution in [1.82, 2.24) is 0 Å². The van der Waals surface area contributed by atoms with Gasteiger partial charge in [-0.05, 0) is 6.42 Å². The Hall–Kier alpha value is 0.446. The van der Waals surface area contributed by atoms with Crippen LogP contribution in [0.4, 0.5) is 0 Å². The molecule has 20 heavy (non-hydrogen) atoms. The number of carbonyl (C=O) groups is 2. The molecule has 0 aromatic heterocycles. The summed E-state index contributed by atoms with van der Waals surface area (Å²) in [6.07, 6.45) is 1.21. The molecule has 0 amide bonds. The molecule has 0 bridgehead atoms. The molecule has 0 rings (SSSR count). The molecule has 114 valence electrons. The van der Waals surface area contributed by atoms with Gasteiger partial charge < -0.3 is 21.9 Å². The van der Waals surface area contributed by atoms with Crippen molar-refractivity contribution < 1.29 is 88.9 Å². The first kappa shape index (κ1) is 25.4. The average molecular weight is 338 g/mol. The molecule has 8 nitrogen and oxygen atoms in total. The van der Waals surface area contributed by atoms with Crippen molar-refractivity contribution >= 4 is 22.1 Å². The molecular formula is C10H19KO8S. The van der Waals surface area contributed by atoms with Crippen LogP contribution in [0, 0.1) is 6.92 Å². The van der Waals surface area contributed by atoms with Gasteiger partial charge in [-0.2, -0.15) is 8.42 Å². The molecule has 0 fully saturated rings. The Morgan fingerprint density at radius 3 is 2.00 bits per heavy atom. The Morgan fingerprint density at radius 2 is 1.80 bits per heavy atom. The first-order valence-electron chi connectivity index (χ1n) is 5.44. The van der Waals surface area contributed by atoms with Gasteiger partial charge in [-0.3, -0.25) is 14.1 Å². The van der Waals surface area contributed by atoms with Crippen molar-refractivity contribution in [2.24, 2.45) is 0 Å². The minimum atomic E-state index is -4.84. The van der Waals surface area contributed by atoms with E-state index in [2.05, 4.69) is 13.8 Å². The number of rotatable bonds is 8. The van der Waals surface area contributed by atoms with E-state index in [-0.39, 0.29) is 51.4 Å². The van der Waals surface area contributed by atoms with Crippen LogP contribution in [0.2, 0.25) is 0 Å². The van der Waals surface area contributed by atoms with E-state index >= 15 is 0 Å². The van der Waals surface area contributed by atoms with Crippen LogP contribution in [-0.2, 0) is 24.4 Å². The minimum Gasteiger partial charge on any atom is -0.481 e. The van der Waals surface area contributed by atoms with E-state index in [1.165, 1.54) is 6.42 Å². The van der Waals surface area contributed by atoms with Gasteiger partial charge in [-0.15, -0.1) is 0 Å². The monoisotopic (exact) mass is 338 g/mol. The summed E-state index contributed by atoms with van der Waals surface area (Å²) in [4.78, 5) is 20.0. The van der Waals surface area contributed by atoms with Gasteiger partial charge in [0, 0.05) is 6.61 Å². The van der Waals surface area contributed by atoms with Gasteiger partial charge in [0.1, 0.15) is 0 Å². The number of ether oxygens (including phenoxy) is 1. The second-order valence-corrected chi connectivity index (χ2v) is 5.00. The van der Waals surface area contributed by atoms with E-state index in [4.69, 9.17) is 19.5 Å². The molecule has 0 aliphatic rings. The summed E-state index contributed by atoms with van der Waals surface area (Å²) in [5, 5.41) is 13.9. The van der Waals surface area contributed by atoms with Crippen LogP contribution in [0.25, 0.3) is 0 Å². The Morgan fingerprint density at radius 1 is 1.30 bits per heavy atom. The van der Waals surface area contributed by atoms with E-state index in [0.29, 0.717) is 6.61 Å². The Labute approximate surface area is 161 Å². The molecule has 0 radical (unpaired) electrons. The zero-order chi connectivity index (χ0) is 15.5. The molecule has 0 spiro atoms. The van der Waals surface area contributed by atoms with Gasteiger partial charge in [0.05, 0.1) is 6.42 Å². The number of unbranched alkanes of at least 4 members (excludes halogenated alkanes) is 1. The van der Waals surface area contributed by atoms with Crippen molar-refractivity contribution in [3.63, 3.8) is 0 Å². The number of hydrogen-bond acceptors (Lipinski definition) is 5. The molecule has 0 aliphatic heterocycles. The first-order chi connectivity index (χ1) is 8.66. The van der Waals surface area contributed by atoms with Crippen LogP contribution >= 0.6 is 0 Å². The van der Waals surface area contributed by atoms with Crippen LogP contribution in [0.5, 0.6) is 0 Å². The minimum absolute atomic E-state index is 0. The molecule has 3 N–H and O–H groups in total. The van der Waals surface area contributed by atoms with Crippen LogP contribution in [-0.4, -0.2) is 53.6 Å². The number of hydrogen-bond donors (Lipinski definition) is 3. The smallest absolute Gasteiger partial charge is 0.481 e. The molecule has 0 heterocycles. The molecule has 1 atom stereocenters. The third kappa shape index (κ3) is 16.5. The van der Waals surface area contributed by atoms with Crippen LogP contribution in [0.1, 0.15) is 26.2 Å². The molecule has 0 saturated carbocycles. The quantitative estimate of drug-likeness (QED) is 0.190. The maximum Gasteiger partial charge on any atom is 1.00 e. The standard InChI is InChI=1S/C6H13O.C4H6O7S.K/c1-3-5-6-7-4-2;5-3(6)1-2(4(7)8)12(9,10)11;/h2-6H2,1H3;2H,1H2,(H,5,6)(H,7,8)(H,9,10,11);/q-1;;+1. The summed E-state index contributed by atoms with van der Waals surface area (Å²) >= 11 is 0.